The van der Waals surface area contributed by atoms with Gasteiger partial charge in [0.15, 0.2) is 5.96 Å². The quantitative estimate of drug-likeness (QED) is 0.827. The van der Waals surface area contributed by atoms with Gasteiger partial charge >= 0.3 is 0 Å². The van der Waals surface area contributed by atoms with Gasteiger partial charge in [-0.15, -0.1) is 0 Å². The van der Waals surface area contributed by atoms with E-state index in [9.17, 15) is 4.39 Å². The van der Waals surface area contributed by atoms with Gasteiger partial charge in [0.1, 0.15) is 5.82 Å². The maximum absolute atomic E-state index is 13.2. The predicted octanol–water partition coefficient (Wildman–Crippen LogP) is 1.83. The van der Waals surface area contributed by atoms with Crippen LogP contribution in [0.5, 0.6) is 0 Å². The highest BCUT2D eigenvalue weighted by Crippen LogP contribution is 2.28. The number of halogens is 1. The Morgan fingerprint density at radius 1 is 1.56 bits per heavy atom. The van der Waals surface area contributed by atoms with Crippen molar-refractivity contribution in [2.45, 2.75) is 19.9 Å². The van der Waals surface area contributed by atoms with Crippen LogP contribution in [0.25, 0.3) is 0 Å². The number of guanidine groups is 1. The van der Waals surface area contributed by atoms with Crippen LogP contribution in [0.2, 0.25) is 0 Å². The highest BCUT2D eigenvalue weighted by Gasteiger charge is 2.27. The van der Waals surface area contributed by atoms with E-state index in [-0.39, 0.29) is 11.9 Å². The predicted molar refractivity (Wildman–Crippen MR) is 62.7 cm³/mol. The highest BCUT2D eigenvalue weighted by molar-refractivity contribution is 5.80. The highest BCUT2D eigenvalue weighted by atomic mass is 19.1. The van der Waals surface area contributed by atoms with Crippen LogP contribution >= 0.6 is 0 Å². The van der Waals surface area contributed by atoms with Crippen LogP contribution in [-0.2, 0) is 0 Å². The first-order chi connectivity index (χ1) is 7.63. The molecular weight excluding hydrogens is 205 g/mol. The second-order valence-corrected chi connectivity index (χ2v) is 4.00. The zero-order valence-electron chi connectivity index (χ0n) is 9.57. The first-order valence-electron chi connectivity index (χ1n) is 5.46. The van der Waals surface area contributed by atoms with Gasteiger partial charge in [0.25, 0.3) is 0 Å². The zero-order chi connectivity index (χ0) is 11.7. The minimum absolute atomic E-state index is 0.0840. The lowest BCUT2D eigenvalue weighted by atomic mass is 10.0. The molecule has 0 radical (unpaired) electrons. The first-order valence-corrected chi connectivity index (χ1v) is 5.46. The Bertz CT molecular complexity index is 428. The molecule has 1 aliphatic heterocycles. The largest absolute Gasteiger partial charge is 0.370 e. The average molecular weight is 221 g/mol. The van der Waals surface area contributed by atoms with Crippen molar-refractivity contribution in [2.24, 2.45) is 10.7 Å². The summed E-state index contributed by atoms with van der Waals surface area (Å²) in [6, 6.07) is 4.94. The van der Waals surface area contributed by atoms with Gasteiger partial charge in [0.05, 0.1) is 12.6 Å². The van der Waals surface area contributed by atoms with Crippen molar-refractivity contribution in [3.63, 3.8) is 0 Å². The molecule has 4 heteroatoms. The second-order valence-electron chi connectivity index (χ2n) is 4.00. The van der Waals surface area contributed by atoms with Gasteiger partial charge in [-0.05, 0) is 37.1 Å². The SMILES string of the molecule is CCN1C(N)=NCC1c1cc(F)ccc1C. The molecule has 0 aliphatic carbocycles. The average Bonchev–Trinajstić information content (AvgIpc) is 2.63. The molecule has 86 valence electrons. The van der Waals surface area contributed by atoms with Crippen molar-refractivity contribution < 1.29 is 4.39 Å². The molecule has 1 aliphatic rings. The van der Waals surface area contributed by atoms with E-state index >= 15 is 0 Å². The number of hydrogen-bond donors (Lipinski definition) is 1. The molecule has 1 heterocycles. The Morgan fingerprint density at radius 2 is 2.31 bits per heavy atom. The van der Waals surface area contributed by atoms with Crippen molar-refractivity contribution >= 4 is 5.96 Å². The molecule has 1 atom stereocenters. The third-order valence-electron chi connectivity index (χ3n) is 3.04. The molecule has 0 amide bonds. The monoisotopic (exact) mass is 221 g/mol. The lowest BCUT2D eigenvalue weighted by Crippen LogP contribution is -2.36. The summed E-state index contributed by atoms with van der Waals surface area (Å²) in [6.45, 7) is 5.41. The van der Waals surface area contributed by atoms with E-state index in [2.05, 4.69) is 4.99 Å². The van der Waals surface area contributed by atoms with E-state index in [0.717, 1.165) is 17.7 Å². The standard InChI is InChI=1S/C12H16FN3/c1-3-16-11(7-15-12(16)14)10-6-9(13)5-4-8(10)2/h4-6,11H,3,7H2,1-2H3,(H2,14,15). The second kappa shape index (κ2) is 4.12. The Hall–Kier alpha value is -1.58. The van der Waals surface area contributed by atoms with Crippen molar-refractivity contribution in [1.82, 2.24) is 4.90 Å². The van der Waals surface area contributed by atoms with Crippen molar-refractivity contribution in [3.05, 3.63) is 35.1 Å². The summed E-state index contributed by atoms with van der Waals surface area (Å²) in [6.07, 6.45) is 0. The van der Waals surface area contributed by atoms with Crippen molar-refractivity contribution in [3.8, 4) is 0 Å². The van der Waals surface area contributed by atoms with E-state index in [1.54, 1.807) is 12.1 Å². The molecule has 0 fully saturated rings. The first kappa shape index (κ1) is 10.9. The lowest BCUT2D eigenvalue weighted by molar-refractivity contribution is 0.362. The van der Waals surface area contributed by atoms with E-state index in [1.165, 1.54) is 6.07 Å². The minimum atomic E-state index is -0.206. The summed E-state index contributed by atoms with van der Waals surface area (Å²) in [5.41, 5.74) is 7.84. The fraction of sp³-hybridized carbons (Fsp3) is 0.417. The van der Waals surface area contributed by atoms with Gasteiger partial charge in [-0.3, -0.25) is 4.99 Å². The topological polar surface area (TPSA) is 41.6 Å². The van der Waals surface area contributed by atoms with Gasteiger partial charge in [-0.2, -0.15) is 0 Å². The zero-order valence-corrected chi connectivity index (χ0v) is 9.57. The smallest absolute Gasteiger partial charge is 0.191 e. The molecule has 0 spiro atoms. The van der Waals surface area contributed by atoms with Crippen LogP contribution in [0.15, 0.2) is 23.2 Å². The summed E-state index contributed by atoms with van der Waals surface area (Å²) in [5, 5.41) is 0. The molecular formula is C12H16FN3. The van der Waals surface area contributed by atoms with Crippen LogP contribution in [0.3, 0.4) is 0 Å². The van der Waals surface area contributed by atoms with Gasteiger partial charge in [-0.25, -0.2) is 4.39 Å². The minimum Gasteiger partial charge on any atom is -0.370 e. The number of aliphatic imine (C=N–C) groups is 1. The van der Waals surface area contributed by atoms with Crippen LogP contribution in [-0.4, -0.2) is 23.9 Å². The van der Waals surface area contributed by atoms with E-state index in [0.29, 0.717) is 12.5 Å². The number of nitrogens with two attached hydrogens (primary N) is 1. The third kappa shape index (κ3) is 1.75. The van der Waals surface area contributed by atoms with Crippen LogP contribution in [0.1, 0.15) is 24.1 Å². The molecule has 3 nitrogen and oxygen atoms in total. The molecule has 2 rings (SSSR count). The number of hydrogen-bond acceptors (Lipinski definition) is 3. The molecule has 1 unspecified atom stereocenters. The number of likely N-dealkylation sites (N-methyl/N-ethyl adjacent to an activating group) is 1. The molecule has 0 bridgehead atoms. The molecule has 16 heavy (non-hydrogen) atoms. The van der Waals surface area contributed by atoms with Gasteiger partial charge in [-0.1, -0.05) is 6.07 Å². The number of aryl methyl sites for hydroxylation is 1. The molecule has 0 saturated heterocycles. The normalized spacial score (nSPS) is 20.1. The van der Waals surface area contributed by atoms with Gasteiger partial charge < -0.3 is 10.6 Å². The maximum atomic E-state index is 13.2. The summed E-state index contributed by atoms with van der Waals surface area (Å²) < 4.78 is 13.2. The summed E-state index contributed by atoms with van der Waals surface area (Å²) >= 11 is 0. The fourth-order valence-electron chi connectivity index (χ4n) is 2.15. The van der Waals surface area contributed by atoms with Gasteiger partial charge in [0.2, 0.25) is 0 Å². The molecule has 1 aromatic rings. The van der Waals surface area contributed by atoms with Crippen LogP contribution in [0, 0.1) is 12.7 Å². The Balaban J connectivity index is 2.35. The number of rotatable bonds is 2. The summed E-state index contributed by atoms with van der Waals surface area (Å²) in [5.74, 6) is 0.346. The van der Waals surface area contributed by atoms with E-state index < -0.39 is 0 Å². The molecule has 0 saturated carbocycles. The van der Waals surface area contributed by atoms with Gasteiger partial charge in [0, 0.05) is 6.54 Å². The molecule has 1 aromatic carbocycles. The summed E-state index contributed by atoms with van der Waals surface area (Å²) in [4.78, 5) is 6.22. The fourth-order valence-corrected chi connectivity index (χ4v) is 2.15. The maximum Gasteiger partial charge on any atom is 0.191 e. The third-order valence-corrected chi connectivity index (χ3v) is 3.04. The van der Waals surface area contributed by atoms with Crippen molar-refractivity contribution in [2.75, 3.05) is 13.1 Å². The molecule has 0 aromatic heterocycles. The number of nitrogens with zero attached hydrogens (tertiary/aromatic N) is 2. The number of benzene rings is 1. The molecule has 2 N–H and O–H groups in total. The van der Waals surface area contributed by atoms with Crippen LogP contribution < -0.4 is 5.73 Å². The van der Waals surface area contributed by atoms with E-state index in [4.69, 9.17) is 5.73 Å². The van der Waals surface area contributed by atoms with E-state index in [1.807, 2.05) is 18.7 Å². The van der Waals surface area contributed by atoms with Crippen molar-refractivity contribution in [1.29, 1.82) is 0 Å². The Morgan fingerprint density at radius 3 is 3.00 bits per heavy atom. The lowest BCUT2D eigenvalue weighted by Gasteiger charge is -2.26. The Kier molecular flexibility index (Phi) is 2.81. The van der Waals surface area contributed by atoms with Crippen LogP contribution in [0.4, 0.5) is 4.39 Å². The summed E-state index contributed by atoms with van der Waals surface area (Å²) in [7, 11) is 0. The Labute approximate surface area is 94.8 Å².